The fraction of sp³-hybridized carbons (Fsp3) is 0.500. The molecule has 2 N–H and O–H groups in total. The molecule has 5 aliphatic heterocycles. The van der Waals surface area contributed by atoms with Crippen molar-refractivity contribution in [3.05, 3.63) is 107 Å². The number of nitrogens with zero attached hydrogens (tertiary/aromatic N) is 7. The predicted molar refractivity (Wildman–Crippen MR) is 337 cm³/mol. The van der Waals surface area contributed by atoms with Gasteiger partial charge in [0, 0.05) is 67.5 Å². The van der Waals surface area contributed by atoms with E-state index in [2.05, 4.69) is 16.1 Å². The van der Waals surface area contributed by atoms with E-state index in [1.165, 1.54) is 29.3 Å². The molecule has 3 amide bonds. The number of likely N-dealkylation sites (tertiary alicyclic amines) is 2. The van der Waals surface area contributed by atoms with Crippen LogP contribution in [0.2, 0.25) is 0 Å². The molecule has 0 saturated carbocycles. The quantitative estimate of drug-likeness (QED) is 0.0271. The van der Waals surface area contributed by atoms with E-state index in [0.717, 1.165) is 51.1 Å². The number of carbonyl (C=O) groups excluding carboxylic acids is 4. The first-order valence-corrected chi connectivity index (χ1v) is 32.1. The summed E-state index contributed by atoms with van der Waals surface area (Å²) in [7, 11) is 0. The summed E-state index contributed by atoms with van der Waals surface area (Å²) in [6.07, 6.45) is 10.6. The van der Waals surface area contributed by atoms with Crippen molar-refractivity contribution < 1.29 is 69.9 Å². The van der Waals surface area contributed by atoms with E-state index in [9.17, 15) is 37.5 Å². The van der Waals surface area contributed by atoms with E-state index >= 15 is 8.78 Å². The number of halogens is 5. The average molecular weight is 1290 g/mol. The maximum absolute atomic E-state index is 17.9. The highest BCUT2D eigenvalue weighted by Crippen LogP contribution is 2.42. The third kappa shape index (κ3) is 14.5. The van der Waals surface area contributed by atoms with Crippen LogP contribution in [-0.4, -0.2) is 153 Å². The molecule has 5 saturated heterocycles. The molecule has 7 heterocycles. The third-order valence-electron chi connectivity index (χ3n) is 18.1. The lowest BCUT2D eigenvalue weighted by Crippen LogP contribution is -2.57. The summed E-state index contributed by atoms with van der Waals surface area (Å²) in [6.45, 7) is 14.9. The standard InChI is InChI=1S/C70H79F5N8O10/c1-9-48-51(71)25-22-42-31-47(91-56-17-11-13-30-89-56)33-49(57(42)48)61-60(75)62-50(34-76-61)64(81-35-43-23-24-44(36-81)83(43)68(88)93-70(6,7)8)79-67(78-62)90-38-45-15-14-29-80(45)28-12-10-16-55(85)92-63(69(3,4)5)66(87)82-37-46(84)32-54(82)65(86)77-39(2)40-18-20-41(21-19-40)58-52(72)26-27-53(73)59(58)74/h1,18-22,25-27,31,33-34,39,43-46,54,56,63,84H,10-17,23-24,28-30,32,35-38H2,2-8H3,(H,77,86)/t39-,43?,44?,45-,46+,54-,56?,63+/m0/s1. The average Bonchev–Trinajstić information content (AvgIpc) is 1.52. The lowest BCUT2D eigenvalue weighted by atomic mass is 9.87. The SMILES string of the molecule is C#Cc1c(F)ccc2cc(OC3CCCCO3)cc(-c3ncc4c(N5CC6CCC(C5)N6C(=O)OC(C)(C)C)nc(OC[C@@H]5CCCN5CCCCC(=O)O[C@H](C(=O)N5C[C@H](O)C[C@H]5C(=O)N[C@@H](C)c5ccc(-c6c(F)ccc(F)c6F)cc5)C(C)(C)C)nc4c3F)c12. The molecule has 3 unspecified atom stereocenters. The van der Waals surface area contributed by atoms with Crippen LogP contribution in [0.3, 0.4) is 0 Å². The Balaban J connectivity index is 0.764. The number of rotatable bonds is 18. The number of carbonyl (C=O) groups is 4. The second-order valence-electron chi connectivity index (χ2n) is 27.0. The number of aliphatic hydroxyl groups excluding tert-OH is 1. The lowest BCUT2D eigenvalue weighted by molar-refractivity contribution is -0.168. The van der Waals surface area contributed by atoms with Gasteiger partial charge in [-0.3, -0.25) is 29.2 Å². The lowest BCUT2D eigenvalue weighted by Gasteiger charge is -2.42. The minimum atomic E-state index is -1.32. The van der Waals surface area contributed by atoms with Gasteiger partial charge in [0.25, 0.3) is 5.91 Å². The van der Waals surface area contributed by atoms with Crippen molar-refractivity contribution in [2.45, 2.75) is 173 Å². The summed E-state index contributed by atoms with van der Waals surface area (Å²) in [4.78, 5) is 77.2. The molecule has 5 fully saturated rings. The summed E-state index contributed by atoms with van der Waals surface area (Å²) in [5.74, 6) is -3.57. The van der Waals surface area contributed by atoms with Crippen LogP contribution in [0, 0.1) is 46.8 Å². The number of unbranched alkanes of at least 4 members (excludes halogenated alkanes) is 1. The number of ether oxygens (including phenoxy) is 5. The second kappa shape index (κ2) is 27.4. The smallest absolute Gasteiger partial charge is 0.410 e. The van der Waals surface area contributed by atoms with Gasteiger partial charge < -0.3 is 43.9 Å². The Morgan fingerprint density at radius 3 is 2.28 bits per heavy atom. The van der Waals surface area contributed by atoms with Gasteiger partial charge in [-0.15, -0.1) is 6.42 Å². The molecule has 11 rings (SSSR count). The van der Waals surface area contributed by atoms with Crippen molar-refractivity contribution in [3.63, 3.8) is 0 Å². The summed E-state index contributed by atoms with van der Waals surface area (Å²) in [6, 6.07) is 11.2. The second-order valence-corrected chi connectivity index (χ2v) is 27.0. The molecule has 0 aliphatic carbocycles. The number of aromatic nitrogens is 3. The zero-order valence-electron chi connectivity index (χ0n) is 53.4. The molecule has 23 heteroatoms. The van der Waals surface area contributed by atoms with Crippen LogP contribution >= 0.6 is 0 Å². The van der Waals surface area contributed by atoms with E-state index in [0.29, 0.717) is 79.5 Å². The number of fused-ring (bicyclic) bond motifs is 4. The molecule has 0 radical (unpaired) electrons. The molecule has 0 spiro atoms. The van der Waals surface area contributed by atoms with Crippen molar-refractivity contribution in [2.75, 3.05) is 50.8 Å². The van der Waals surface area contributed by atoms with Crippen LogP contribution in [0.1, 0.15) is 136 Å². The van der Waals surface area contributed by atoms with Gasteiger partial charge in [-0.25, -0.2) is 26.7 Å². The summed E-state index contributed by atoms with van der Waals surface area (Å²) in [5.41, 5.74) is -1.63. The molecule has 494 valence electrons. The van der Waals surface area contributed by atoms with Gasteiger partial charge in [0.05, 0.1) is 47.3 Å². The predicted octanol–water partition coefficient (Wildman–Crippen LogP) is 11.5. The first-order chi connectivity index (χ1) is 44.3. The Hall–Kier alpha value is -8.20. The number of terminal acetylenes is 1. The number of nitrogens with one attached hydrogen (secondary N) is 1. The molecule has 2 bridgehead atoms. The number of anilines is 1. The minimum Gasteiger partial charge on any atom is -0.465 e. The normalized spacial score (nSPS) is 21.6. The number of hydrogen-bond donors (Lipinski definition) is 2. The third-order valence-corrected chi connectivity index (χ3v) is 18.1. The molecule has 18 nitrogen and oxygen atoms in total. The Kier molecular flexibility index (Phi) is 19.5. The van der Waals surface area contributed by atoms with Crippen molar-refractivity contribution in [2.24, 2.45) is 5.41 Å². The van der Waals surface area contributed by atoms with Crippen LogP contribution in [-0.2, 0) is 28.6 Å². The molecule has 2 aromatic heterocycles. The zero-order valence-corrected chi connectivity index (χ0v) is 53.4. The molecule has 5 aliphatic rings. The molecule has 93 heavy (non-hydrogen) atoms. The number of aliphatic hydroxyl groups is 1. The van der Waals surface area contributed by atoms with Crippen LogP contribution < -0.4 is 19.7 Å². The van der Waals surface area contributed by atoms with Crippen molar-refractivity contribution in [3.8, 4) is 46.5 Å². The Labute approximate surface area is 537 Å². The van der Waals surface area contributed by atoms with Crippen LogP contribution in [0.15, 0.2) is 66.9 Å². The number of piperazine rings is 1. The monoisotopic (exact) mass is 1290 g/mol. The number of benzene rings is 4. The van der Waals surface area contributed by atoms with Gasteiger partial charge in [-0.1, -0.05) is 57.0 Å². The number of β-amino-alcohol motifs (C(OH)–C–C–N with tert-alkyl or cyclic N) is 1. The summed E-state index contributed by atoms with van der Waals surface area (Å²) >= 11 is 0. The number of pyridine rings is 1. The van der Waals surface area contributed by atoms with E-state index in [1.807, 2.05) is 25.7 Å². The van der Waals surface area contributed by atoms with Gasteiger partial charge >= 0.3 is 18.1 Å². The van der Waals surface area contributed by atoms with Gasteiger partial charge in [0.15, 0.2) is 29.8 Å². The van der Waals surface area contributed by atoms with Gasteiger partial charge in [0.2, 0.25) is 5.91 Å². The summed E-state index contributed by atoms with van der Waals surface area (Å²) < 4.78 is 107. The fourth-order valence-electron chi connectivity index (χ4n) is 13.5. The number of hydrogen-bond acceptors (Lipinski definition) is 15. The highest BCUT2D eigenvalue weighted by molar-refractivity contribution is 6.03. The highest BCUT2D eigenvalue weighted by atomic mass is 19.2. The Bertz CT molecular complexity index is 3840. The minimum absolute atomic E-state index is 0.0128. The first-order valence-electron chi connectivity index (χ1n) is 32.1. The number of esters is 1. The maximum atomic E-state index is 17.9. The summed E-state index contributed by atoms with van der Waals surface area (Å²) in [5, 5.41) is 14.7. The van der Waals surface area contributed by atoms with Crippen molar-refractivity contribution >= 4 is 51.4 Å². The molecular formula is C70H79F5N8O10. The molecule has 8 atom stereocenters. The number of amides is 3. The Morgan fingerprint density at radius 1 is 0.849 bits per heavy atom. The highest BCUT2D eigenvalue weighted by Gasteiger charge is 2.47. The zero-order chi connectivity index (χ0) is 66.2. The van der Waals surface area contributed by atoms with Gasteiger partial charge in [-0.2, -0.15) is 9.97 Å². The van der Waals surface area contributed by atoms with E-state index in [-0.39, 0.29) is 83.4 Å². The fourth-order valence-corrected chi connectivity index (χ4v) is 13.5. The van der Waals surface area contributed by atoms with Crippen molar-refractivity contribution in [1.82, 2.24) is 35.0 Å². The van der Waals surface area contributed by atoms with Crippen LogP contribution in [0.4, 0.5) is 32.6 Å². The van der Waals surface area contributed by atoms with Gasteiger partial charge in [-0.05, 0) is 139 Å². The van der Waals surface area contributed by atoms with E-state index < -0.39 is 100 Å². The van der Waals surface area contributed by atoms with Crippen LogP contribution in [0.25, 0.3) is 44.1 Å². The largest absolute Gasteiger partial charge is 0.465 e. The maximum Gasteiger partial charge on any atom is 0.410 e. The Morgan fingerprint density at radius 2 is 1.58 bits per heavy atom. The van der Waals surface area contributed by atoms with Crippen LogP contribution in [0.5, 0.6) is 11.8 Å². The molecule has 6 aromatic rings. The van der Waals surface area contributed by atoms with E-state index in [1.54, 1.807) is 62.9 Å². The topological polar surface area (TPSA) is 198 Å². The molecule has 4 aromatic carbocycles. The molecular weight excluding hydrogens is 1210 g/mol. The van der Waals surface area contributed by atoms with Crippen molar-refractivity contribution in [1.29, 1.82) is 0 Å². The van der Waals surface area contributed by atoms with Gasteiger partial charge in [0.1, 0.15) is 52.7 Å². The first kappa shape index (κ1) is 66.3. The van der Waals surface area contributed by atoms with E-state index in [4.69, 9.17) is 45.1 Å².